The Labute approximate surface area is 115 Å². The van der Waals surface area contributed by atoms with Crippen LogP contribution < -0.4 is 10.5 Å². The fourth-order valence-corrected chi connectivity index (χ4v) is 2.91. The molecule has 0 saturated heterocycles. The van der Waals surface area contributed by atoms with Gasteiger partial charge in [-0.05, 0) is 30.5 Å². The first kappa shape index (κ1) is 16.0. The van der Waals surface area contributed by atoms with Crippen LogP contribution in [0.4, 0.5) is 0 Å². The highest BCUT2D eigenvalue weighted by Gasteiger charge is 2.09. The van der Waals surface area contributed by atoms with Crippen molar-refractivity contribution in [2.45, 2.75) is 32.7 Å². The number of sulfone groups is 1. The third-order valence-corrected chi connectivity index (χ3v) is 4.75. The Morgan fingerprint density at radius 3 is 2.32 bits per heavy atom. The van der Waals surface area contributed by atoms with E-state index in [-0.39, 0.29) is 24.2 Å². The van der Waals surface area contributed by atoms with Gasteiger partial charge in [0.25, 0.3) is 0 Å². The molecule has 0 radical (unpaired) electrons. The van der Waals surface area contributed by atoms with Gasteiger partial charge in [-0.3, -0.25) is 0 Å². The quantitative estimate of drug-likeness (QED) is 0.795. The van der Waals surface area contributed by atoms with Crippen LogP contribution in [0.1, 0.15) is 38.3 Å². The zero-order valence-corrected chi connectivity index (χ0v) is 12.4. The fourth-order valence-electron chi connectivity index (χ4n) is 1.75. The number of nitrogens with two attached hydrogens (primary N) is 1. The van der Waals surface area contributed by atoms with Crippen LogP contribution in [0.15, 0.2) is 24.3 Å². The second kappa shape index (κ2) is 7.50. The van der Waals surface area contributed by atoms with Crippen LogP contribution in [0.3, 0.4) is 0 Å². The van der Waals surface area contributed by atoms with Gasteiger partial charge in [0.1, 0.15) is 12.4 Å². The summed E-state index contributed by atoms with van der Waals surface area (Å²) in [4.78, 5) is 0. The van der Waals surface area contributed by atoms with Crippen molar-refractivity contribution in [3.8, 4) is 5.75 Å². The Balaban J connectivity index is 2.46. The maximum absolute atomic E-state index is 11.5. The Hall–Kier alpha value is -1.07. The second-order valence-corrected chi connectivity index (χ2v) is 6.89. The van der Waals surface area contributed by atoms with Crippen molar-refractivity contribution in [1.29, 1.82) is 0 Å². The lowest BCUT2D eigenvalue weighted by Crippen LogP contribution is -2.16. The maximum atomic E-state index is 11.5. The molecular weight excluding hydrogens is 262 g/mol. The van der Waals surface area contributed by atoms with Gasteiger partial charge in [0, 0.05) is 6.04 Å². The smallest absolute Gasteiger partial charge is 0.153 e. The summed E-state index contributed by atoms with van der Waals surface area (Å²) in [6.45, 7) is 4.09. The number of benzene rings is 1. The van der Waals surface area contributed by atoms with Gasteiger partial charge in [-0.15, -0.1) is 0 Å². The Kier molecular flexibility index (Phi) is 6.31. The molecule has 0 aromatic heterocycles. The van der Waals surface area contributed by atoms with E-state index >= 15 is 0 Å². The molecule has 1 aromatic carbocycles. The maximum Gasteiger partial charge on any atom is 0.153 e. The highest BCUT2D eigenvalue weighted by atomic mass is 32.2. The molecule has 2 N–H and O–H groups in total. The molecule has 19 heavy (non-hydrogen) atoms. The Morgan fingerprint density at radius 2 is 1.79 bits per heavy atom. The molecule has 4 nitrogen and oxygen atoms in total. The summed E-state index contributed by atoms with van der Waals surface area (Å²) in [5.74, 6) is 0.969. The molecule has 0 fully saturated rings. The van der Waals surface area contributed by atoms with Crippen LogP contribution in [-0.4, -0.2) is 26.5 Å². The van der Waals surface area contributed by atoms with Crippen LogP contribution in [0.25, 0.3) is 0 Å². The third kappa shape index (κ3) is 5.61. The average Bonchev–Trinajstić information content (AvgIpc) is 2.38. The molecule has 0 heterocycles. The summed E-state index contributed by atoms with van der Waals surface area (Å²) in [5, 5.41) is 0. The summed E-state index contributed by atoms with van der Waals surface area (Å²) in [5.41, 5.74) is 6.98. The molecule has 0 aliphatic rings. The first-order valence-corrected chi connectivity index (χ1v) is 8.49. The van der Waals surface area contributed by atoms with Gasteiger partial charge in [0.2, 0.25) is 0 Å². The van der Waals surface area contributed by atoms with Gasteiger partial charge in [-0.1, -0.05) is 26.0 Å². The monoisotopic (exact) mass is 285 g/mol. The summed E-state index contributed by atoms with van der Waals surface area (Å²) in [7, 11) is -2.97. The topological polar surface area (TPSA) is 69.4 Å². The lowest BCUT2D eigenvalue weighted by molar-refractivity contribution is 0.340. The number of ether oxygens (including phenoxy) is 1. The fraction of sp³-hybridized carbons (Fsp3) is 0.571. The Morgan fingerprint density at radius 1 is 1.16 bits per heavy atom. The zero-order chi connectivity index (χ0) is 14.3. The lowest BCUT2D eigenvalue weighted by atomic mass is 10.1. The van der Waals surface area contributed by atoms with Crippen molar-refractivity contribution in [1.82, 2.24) is 0 Å². The zero-order valence-electron chi connectivity index (χ0n) is 11.6. The van der Waals surface area contributed by atoms with Crippen molar-refractivity contribution >= 4 is 9.84 Å². The van der Waals surface area contributed by atoms with Gasteiger partial charge in [-0.25, -0.2) is 8.42 Å². The molecule has 5 heteroatoms. The normalized spacial score (nSPS) is 13.2. The molecule has 1 aromatic rings. The second-order valence-electron chi connectivity index (χ2n) is 4.58. The Bertz CT molecular complexity index is 468. The van der Waals surface area contributed by atoms with Gasteiger partial charge in [0.15, 0.2) is 9.84 Å². The first-order chi connectivity index (χ1) is 8.98. The van der Waals surface area contributed by atoms with Crippen LogP contribution in [0, 0.1) is 0 Å². The summed E-state index contributed by atoms with van der Waals surface area (Å²) in [6.07, 6.45) is 1.53. The van der Waals surface area contributed by atoms with E-state index in [2.05, 4.69) is 0 Å². The summed E-state index contributed by atoms with van der Waals surface area (Å²) in [6, 6.07) is 7.54. The van der Waals surface area contributed by atoms with E-state index in [0.717, 1.165) is 12.0 Å². The molecule has 108 valence electrons. The molecule has 0 unspecified atom stereocenters. The molecule has 1 rings (SSSR count). The SMILES string of the molecule is CCCS(=O)(=O)CCOc1ccc([C@H](N)CC)cc1. The molecule has 0 saturated carbocycles. The van der Waals surface area contributed by atoms with Crippen molar-refractivity contribution < 1.29 is 13.2 Å². The van der Waals surface area contributed by atoms with Crippen molar-refractivity contribution in [2.24, 2.45) is 5.73 Å². The number of hydrogen-bond acceptors (Lipinski definition) is 4. The first-order valence-electron chi connectivity index (χ1n) is 6.67. The number of hydrogen-bond donors (Lipinski definition) is 1. The molecule has 0 aliphatic heterocycles. The van der Waals surface area contributed by atoms with Crippen molar-refractivity contribution in [2.75, 3.05) is 18.1 Å². The predicted octanol–water partition coefficient (Wildman–Crippen LogP) is 2.30. The van der Waals surface area contributed by atoms with Crippen molar-refractivity contribution in [3.63, 3.8) is 0 Å². The minimum atomic E-state index is -2.97. The van der Waals surface area contributed by atoms with Gasteiger partial charge < -0.3 is 10.5 Å². The summed E-state index contributed by atoms with van der Waals surface area (Å²) >= 11 is 0. The van der Waals surface area contributed by atoms with Crippen LogP contribution in [0.2, 0.25) is 0 Å². The minimum Gasteiger partial charge on any atom is -0.493 e. The van der Waals surface area contributed by atoms with E-state index in [1.54, 1.807) is 0 Å². The summed E-state index contributed by atoms with van der Waals surface area (Å²) < 4.78 is 28.4. The van der Waals surface area contributed by atoms with E-state index in [1.807, 2.05) is 38.1 Å². The third-order valence-electron chi connectivity index (χ3n) is 2.93. The largest absolute Gasteiger partial charge is 0.493 e. The van der Waals surface area contributed by atoms with Gasteiger partial charge >= 0.3 is 0 Å². The van der Waals surface area contributed by atoms with E-state index in [0.29, 0.717) is 12.2 Å². The molecular formula is C14H23NO3S. The molecule has 0 amide bonds. The highest BCUT2D eigenvalue weighted by Crippen LogP contribution is 2.18. The van der Waals surface area contributed by atoms with E-state index < -0.39 is 9.84 Å². The number of rotatable bonds is 8. The van der Waals surface area contributed by atoms with E-state index in [1.165, 1.54) is 0 Å². The average molecular weight is 285 g/mol. The van der Waals surface area contributed by atoms with Crippen LogP contribution in [0.5, 0.6) is 5.75 Å². The van der Waals surface area contributed by atoms with Crippen LogP contribution >= 0.6 is 0 Å². The van der Waals surface area contributed by atoms with Gasteiger partial charge in [0.05, 0.1) is 11.5 Å². The minimum absolute atomic E-state index is 0.0407. The van der Waals surface area contributed by atoms with E-state index in [4.69, 9.17) is 10.5 Å². The van der Waals surface area contributed by atoms with E-state index in [9.17, 15) is 8.42 Å². The van der Waals surface area contributed by atoms with Gasteiger partial charge in [-0.2, -0.15) is 0 Å². The lowest BCUT2D eigenvalue weighted by Gasteiger charge is -2.11. The molecule has 1 atom stereocenters. The molecule has 0 spiro atoms. The predicted molar refractivity (Wildman–Crippen MR) is 78.1 cm³/mol. The molecule has 0 bridgehead atoms. The van der Waals surface area contributed by atoms with Crippen LogP contribution in [-0.2, 0) is 9.84 Å². The highest BCUT2D eigenvalue weighted by molar-refractivity contribution is 7.91. The standard InChI is InChI=1S/C14H23NO3S/c1-3-10-19(16,17)11-9-18-13-7-5-12(6-8-13)14(15)4-2/h5-8,14H,3-4,9-11,15H2,1-2H3/t14-/m1/s1. The van der Waals surface area contributed by atoms with Crippen molar-refractivity contribution in [3.05, 3.63) is 29.8 Å². The molecule has 0 aliphatic carbocycles.